The predicted molar refractivity (Wildman–Crippen MR) is 103 cm³/mol. The maximum atomic E-state index is 12.6. The monoisotopic (exact) mass is 353 g/mol. The van der Waals surface area contributed by atoms with E-state index in [1.54, 1.807) is 11.8 Å². The van der Waals surface area contributed by atoms with E-state index in [2.05, 4.69) is 29.6 Å². The van der Waals surface area contributed by atoms with Gasteiger partial charge >= 0.3 is 0 Å². The van der Waals surface area contributed by atoms with E-state index in [0.29, 0.717) is 18.1 Å². The standard InChI is InChI=1S/C21H23NO2S/c1-2-24-17-12-10-16(11-13-17)22-21-18-8-4-3-6-15(18)7-5-9-19(21)20(23)14-25-21/h3-4,6,8,10-13,19,22H,2,5,7,9,14H2,1H3/t19-,21-/m1/s1. The minimum Gasteiger partial charge on any atom is -0.494 e. The molecule has 0 aromatic heterocycles. The maximum absolute atomic E-state index is 12.6. The first-order chi connectivity index (χ1) is 12.2. The molecule has 1 N–H and O–H groups in total. The minimum absolute atomic E-state index is 0.0349. The van der Waals surface area contributed by atoms with Crippen LogP contribution >= 0.6 is 11.8 Å². The van der Waals surface area contributed by atoms with Crippen molar-refractivity contribution in [1.82, 2.24) is 0 Å². The number of carbonyl (C=O) groups excluding carboxylic acids is 1. The van der Waals surface area contributed by atoms with Crippen LogP contribution < -0.4 is 10.1 Å². The van der Waals surface area contributed by atoms with Crippen LogP contribution in [0.2, 0.25) is 0 Å². The van der Waals surface area contributed by atoms with Crippen molar-refractivity contribution in [3.05, 3.63) is 59.7 Å². The van der Waals surface area contributed by atoms with Crippen molar-refractivity contribution in [2.45, 2.75) is 31.1 Å². The molecule has 2 aliphatic rings. The predicted octanol–water partition coefficient (Wildman–Crippen LogP) is 4.62. The summed E-state index contributed by atoms with van der Waals surface area (Å²) in [4.78, 5) is 12.3. The Hall–Kier alpha value is -1.94. The summed E-state index contributed by atoms with van der Waals surface area (Å²) in [6, 6.07) is 16.7. The number of ketones is 1. The lowest BCUT2D eigenvalue weighted by atomic mass is 9.87. The third-order valence-electron chi connectivity index (χ3n) is 5.17. The van der Waals surface area contributed by atoms with Gasteiger partial charge in [0.05, 0.1) is 18.3 Å². The fraction of sp³-hybridized carbons (Fsp3) is 0.381. The second kappa shape index (κ2) is 6.75. The van der Waals surface area contributed by atoms with Crippen LogP contribution in [0.4, 0.5) is 5.69 Å². The Morgan fingerprint density at radius 2 is 2.00 bits per heavy atom. The molecule has 1 heterocycles. The molecule has 1 fully saturated rings. The van der Waals surface area contributed by atoms with Gasteiger partial charge in [-0.2, -0.15) is 0 Å². The Labute approximate surface area is 153 Å². The Balaban J connectivity index is 1.74. The number of benzene rings is 2. The first kappa shape index (κ1) is 16.5. The second-order valence-corrected chi connectivity index (χ2v) is 7.90. The van der Waals surface area contributed by atoms with E-state index >= 15 is 0 Å². The maximum Gasteiger partial charge on any atom is 0.149 e. The van der Waals surface area contributed by atoms with Crippen LogP contribution in [0.15, 0.2) is 48.5 Å². The molecule has 130 valence electrons. The Morgan fingerprint density at radius 1 is 1.20 bits per heavy atom. The molecular weight excluding hydrogens is 330 g/mol. The molecular formula is C21H23NO2S. The van der Waals surface area contributed by atoms with Gasteiger partial charge in [0, 0.05) is 5.69 Å². The lowest BCUT2D eigenvalue weighted by Gasteiger charge is -2.36. The molecule has 2 aromatic carbocycles. The van der Waals surface area contributed by atoms with Crippen LogP contribution in [0.5, 0.6) is 5.75 Å². The number of hydrogen-bond acceptors (Lipinski definition) is 4. The second-order valence-electron chi connectivity index (χ2n) is 6.67. The number of hydrogen-bond donors (Lipinski definition) is 1. The molecule has 4 heteroatoms. The largest absolute Gasteiger partial charge is 0.494 e. The highest BCUT2D eigenvalue weighted by Crippen LogP contribution is 2.53. The van der Waals surface area contributed by atoms with Gasteiger partial charge in [-0.05, 0) is 61.6 Å². The Kier molecular flexibility index (Phi) is 4.46. The fourth-order valence-electron chi connectivity index (χ4n) is 4.05. The Bertz CT molecular complexity index is 774. The number of anilines is 1. The molecule has 0 unspecified atom stereocenters. The zero-order valence-electron chi connectivity index (χ0n) is 14.5. The summed E-state index contributed by atoms with van der Waals surface area (Å²) < 4.78 is 5.54. The summed E-state index contributed by atoms with van der Waals surface area (Å²) in [6.45, 7) is 2.65. The van der Waals surface area contributed by atoms with Crippen molar-refractivity contribution in [2.24, 2.45) is 5.92 Å². The summed E-state index contributed by atoms with van der Waals surface area (Å²) in [6.07, 6.45) is 3.07. The van der Waals surface area contributed by atoms with Gasteiger partial charge in [0.15, 0.2) is 0 Å². The summed E-state index contributed by atoms with van der Waals surface area (Å²) >= 11 is 1.76. The van der Waals surface area contributed by atoms with Crippen molar-refractivity contribution in [1.29, 1.82) is 0 Å². The van der Waals surface area contributed by atoms with Gasteiger partial charge in [-0.3, -0.25) is 4.79 Å². The highest BCUT2D eigenvalue weighted by atomic mass is 32.2. The molecule has 1 aliphatic carbocycles. The average Bonchev–Trinajstić information content (AvgIpc) is 2.85. The van der Waals surface area contributed by atoms with Crippen LogP contribution in [0.25, 0.3) is 0 Å². The lowest BCUT2D eigenvalue weighted by molar-refractivity contribution is -0.120. The summed E-state index contributed by atoms with van der Waals surface area (Å²) in [5.41, 5.74) is 3.68. The van der Waals surface area contributed by atoms with E-state index in [9.17, 15) is 4.79 Å². The molecule has 2 atom stereocenters. The number of thioether (sulfide) groups is 1. The molecule has 0 amide bonds. The highest BCUT2D eigenvalue weighted by Gasteiger charge is 2.51. The summed E-state index contributed by atoms with van der Waals surface area (Å²) in [5.74, 6) is 1.87. The molecule has 0 bridgehead atoms. The first-order valence-electron chi connectivity index (χ1n) is 8.99. The number of carbonyl (C=O) groups is 1. The number of fused-ring (bicyclic) bond motifs is 3. The SMILES string of the molecule is CCOc1ccc(N[C@]23SCC(=O)[C@H]2CCCc2ccccc23)cc1. The third kappa shape index (κ3) is 2.93. The number of nitrogens with one attached hydrogen (secondary N) is 1. The average molecular weight is 353 g/mol. The van der Waals surface area contributed by atoms with Crippen LogP contribution in [-0.4, -0.2) is 18.1 Å². The van der Waals surface area contributed by atoms with Crippen LogP contribution in [0.3, 0.4) is 0 Å². The number of Topliss-reactive ketones (excluding diaryl/α,β-unsaturated/α-hetero) is 1. The molecule has 1 aliphatic heterocycles. The molecule has 2 aromatic rings. The van der Waals surface area contributed by atoms with Crippen molar-refractivity contribution in [2.75, 3.05) is 17.7 Å². The number of rotatable bonds is 4. The lowest BCUT2D eigenvalue weighted by Crippen LogP contribution is -2.38. The molecule has 0 spiro atoms. The summed E-state index contributed by atoms with van der Waals surface area (Å²) in [5, 5.41) is 3.74. The molecule has 3 nitrogen and oxygen atoms in total. The van der Waals surface area contributed by atoms with Gasteiger partial charge in [0.2, 0.25) is 0 Å². The van der Waals surface area contributed by atoms with Gasteiger partial charge in [-0.25, -0.2) is 0 Å². The van der Waals surface area contributed by atoms with E-state index in [1.807, 2.05) is 31.2 Å². The third-order valence-corrected chi connectivity index (χ3v) is 6.66. The number of aryl methyl sites for hydroxylation is 1. The Morgan fingerprint density at radius 3 is 2.80 bits per heavy atom. The zero-order chi connectivity index (χ0) is 17.3. The smallest absolute Gasteiger partial charge is 0.149 e. The quantitative estimate of drug-likeness (QED) is 0.870. The summed E-state index contributed by atoms with van der Waals surface area (Å²) in [7, 11) is 0. The van der Waals surface area contributed by atoms with Crippen LogP contribution in [-0.2, 0) is 16.1 Å². The molecule has 0 radical (unpaired) electrons. The van der Waals surface area contributed by atoms with E-state index in [4.69, 9.17) is 4.74 Å². The topological polar surface area (TPSA) is 38.3 Å². The van der Waals surface area contributed by atoms with Crippen molar-refractivity contribution in [3.8, 4) is 5.75 Å². The highest BCUT2D eigenvalue weighted by molar-refractivity contribution is 8.01. The van der Waals surface area contributed by atoms with Gasteiger partial charge < -0.3 is 10.1 Å². The van der Waals surface area contributed by atoms with Crippen molar-refractivity contribution in [3.63, 3.8) is 0 Å². The fourth-order valence-corrected chi connectivity index (χ4v) is 5.61. The first-order valence-corrected chi connectivity index (χ1v) is 9.97. The van der Waals surface area contributed by atoms with Gasteiger partial charge in [0.25, 0.3) is 0 Å². The molecule has 4 rings (SSSR count). The molecule has 25 heavy (non-hydrogen) atoms. The minimum atomic E-state index is -0.350. The van der Waals surface area contributed by atoms with Crippen molar-refractivity contribution >= 4 is 23.2 Å². The van der Waals surface area contributed by atoms with Crippen LogP contribution in [0, 0.1) is 5.92 Å². The van der Waals surface area contributed by atoms with Gasteiger partial charge in [0.1, 0.15) is 16.4 Å². The molecule has 1 saturated heterocycles. The van der Waals surface area contributed by atoms with E-state index in [-0.39, 0.29) is 10.8 Å². The zero-order valence-corrected chi connectivity index (χ0v) is 15.3. The van der Waals surface area contributed by atoms with Crippen LogP contribution in [0.1, 0.15) is 30.9 Å². The molecule has 0 saturated carbocycles. The van der Waals surface area contributed by atoms with Gasteiger partial charge in [-0.15, -0.1) is 11.8 Å². The van der Waals surface area contributed by atoms with Crippen molar-refractivity contribution < 1.29 is 9.53 Å². The van der Waals surface area contributed by atoms with E-state index < -0.39 is 0 Å². The van der Waals surface area contributed by atoms with Gasteiger partial charge in [-0.1, -0.05) is 24.3 Å². The normalized spacial score (nSPS) is 25.0. The van der Waals surface area contributed by atoms with E-state index in [0.717, 1.165) is 30.7 Å². The number of ether oxygens (including phenoxy) is 1. The van der Waals surface area contributed by atoms with E-state index in [1.165, 1.54) is 11.1 Å².